The SMILES string of the molecule is CC(C)C(C)NC(=O)c1cccc(N)c1Cl. The standard InChI is InChI=1S/C12H17ClN2O/c1-7(2)8(3)15-12(16)9-5-4-6-10(14)11(9)13/h4-8H,14H2,1-3H3,(H,15,16). The van der Waals surface area contributed by atoms with Crippen molar-refractivity contribution >= 4 is 23.2 Å². The average molecular weight is 241 g/mol. The summed E-state index contributed by atoms with van der Waals surface area (Å²) in [5.74, 6) is 0.197. The summed E-state index contributed by atoms with van der Waals surface area (Å²) < 4.78 is 0. The molecule has 0 radical (unpaired) electrons. The van der Waals surface area contributed by atoms with Crippen molar-refractivity contribution < 1.29 is 4.79 Å². The van der Waals surface area contributed by atoms with Crippen molar-refractivity contribution in [2.75, 3.05) is 5.73 Å². The minimum absolute atomic E-state index is 0.102. The van der Waals surface area contributed by atoms with Gasteiger partial charge in [-0.05, 0) is 25.0 Å². The molecule has 1 aromatic carbocycles. The van der Waals surface area contributed by atoms with E-state index < -0.39 is 0 Å². The van der Waals surface area contributed by atoms with E-state index in [4.69, 9.17) is 17.3 Å². The van der Waals surface area contributed by atoms with Gasteiger partial charge in [0.2, 0.25) is 0 Å². The first-order chi connectivity index (χ1) is 7.43. The Balaban J connectivity index is 2.85. The van der Waals surface area contributed by atoms with E-state index in [0.29, 0.717) is 22.2 Å². The summed E-state index contributed by atoms with van der Waals surface area (Å²) in [5.41, 5.74) is 6.48. The summed E-state index contributed by atoms with van der Waals surface area (Å²) in [6.45, 7) is 6.06. The van der Waals surface area contributed by atoms with Crippen molar-refractivity contribution in [1.29, 1.82) is 0 Å². The van der Waals surface area contributed by atoms with Gasteiger partial charge in [-0.3, -0.25) is 4.79 Å². The van der Waals surface area contributed by atoms with Crippen molar-refractivity contribution in [3.05, 3.63) is 28.8 Å². The lowest BCUT2D eigenvalue weighted by Gasteiger charge is -2.18. The number of carbonyl (C=O) groups excluding carboxylic acids is 1. The highest BCUT2D eigenvalue weighted by Crippen LogP contribution is 2.23. The van der Waals surface area contributed by atoms with Crippen LogP contribution < -0.4 is 11.1 Å². The fourth-order valence-electron chi connectivity index (χ4n) is 1.18. The number of hydrogen-bond acceptors (Lipinski definition) is 2. The van der Waals surface area contributed by atoms with Crippen LogP contribution >= 0.6 is 11.6 Å². The molecular weight excluding hydrogens is 224 g/mol. The molecule has 1 unspecified atom stereocenters. The first kappa shape index (κ1) is 12.8. The minimum atomic E-state index is -0.182. The molecular formula is C12H17ClN2O. The lowest BCUT2D eigenvalue weighted by Crippen LogP contribution is -2.36. The smallest absolute Gasteiger partial charge is 0.253 e. The minimum Gasteiger partial charge on any atom is -0.398 e. The number of benzene rings is 1. The number of hydrogen-bond donors (Lipinski definition) is 2. The number of nitrogen functional groups attached to an aromatic ring is 1. The first-order valence-electron chi connectivity index (χ1n) is 5.28. The van der Waals surface area contributed by atoms with E-state index in [2.05, 4.69) is 5.32 Å². The van der Waals surface area contributed by atoms with Crippen LogP contribution in [0.4, 0.5) is 5.69 Å². The van der Waals surface area contributed by atoms with E-state index in [1.165, 1.54) is 0 Å². The van der Waals surface area contributed by atoms with Gasteiger partial charge in [0.25, 0.3) is 5.91 Å². The highest BCUT2D eigenvalue weighted by molar-refractivity contribution is 6.36. The number of carbonyl (C=O) groups is 1. The Morgan fingerprint density at radius 1 is 1.38 bits per heavy atom. The summed E-state index contributed by atoms with van der Waals surface area (Å²) in [6.07, 6.45) is 0. The van der Waals surface area contributed by atoms with E-state index >= 15 is 0 Å². The molecule has 0 spiro atoms. The van der Waals surface area contributed by atoms with Gasteiger partial charge >= 0.3 is 0 Å². The molecule has 0 aromatic heterocycles. The van der Waals surface area contributed by atoms with Crippen LogP contribution in [-0.4, -0.2) is 11.9 Å². The predicted octanol–water partition coefficient (Wildman–Crippen LogP) is 2.70. The molecule has 3 N–H and O–H groups in total. The van der Waals surface area contributed by atoms with Crippen LogP contribution in [0, 0.1) is 5.92 Å². The Labute approximate surface area is 101 Å². The molecule has 0 saturated carbocycles. The van der Waals surface area contributed by atoms with Crippen molar-refractivity contribution in [1.82, 2.24) is 5.32 Å². The van der Waals surface area contributed by atoms with Gasteiger partial charge in [-0.25, -0.2) is 0 Å². The third kappa shape index (κ3) is 2.89. The molecule has 1 atom stereocenters. The predicted molar refractivity (Wildman–Crippen MR) is 67.6 cm³/mol. The van der Waals surface area contributed by atoms with Crippen molar-refractivity contribution in [3.63, 3.8) is 0 Å². The van der Waals surface area contributed by atoms with Crippen molar-refractivity contribution in [3.8, 4) is 0 Å². The van der Waals surface area contributed by atoms with Gasteiger partial charge in [0.15, 0.2) is 0 Å². The molecule has 0 fully saturated rings. The second-order valence-electron chi connectivity index (χ2n) is 4.21. The van der Waals surface area contributed by atoms with Crippen LogP contribution in [0.3, 0.4) is 0 Å². The lowest BCUT2D eigenvalue weighted by molar-refractivity contribution is 0.0930. The Kier molecular flexibility index (Phi) is 4.19. The van der Waals surface area contributed by atoms with Gasteiger partial charge in [0.1, 0.15) is 0 Å². The molecule has 1 aromatic rings. The Hall–Kier alpha value is -1.22. The molecule has 88 valence electrons. The molecule has 1 amide bonds. The molecule has 1 rings (SSSR count). The lowest BCUT2D eigenvalue weighted by atomic mass is 10.1. The number of halogens is 1. The number of nitrogens with two attached hydrogens (primary N) is 1. The highest BCUT2D eigenvalue weighted by atomic mass is 35.5. The van der Waals surface area contributed by atoms with Crippen LogP contribution in [0.2, 0.25) is 5.02 Å². The van der Waals surface area contributed by atoms with Crippen molar-refractivity contribution in [2.24, 2.45) is 5.92 Å². The summed E-state index contributed by atoms with van der Waals surface area (Å²) >= 11 is 5.97. The molecule has 0 heterocycles. The third-order valence-electron chi connectivity index (χ3n) is 2.63. The molecule has 0 bridgehead atoms. The number of amides is 1. The summed E-state index contributed by atoms with van der Waals surface area (Å²) in [4.78, 5) is 11.9. The number of anilines is 1. The number of nitrogens with one attached hydrogen (secondary N) is 1. The van der Waals surface area contributed by atoms with E-state index in [-0.39, 0.29) is 11.9 Å². The molecule has 4 heteroatoms. The van der Waals surface area contributed by atoms with Gasteiger partial charge < -0.3 is 11.1 Å². The van der Waals surface area contributed by atoms with E-state index in [1.54, 1.807) is 18.2 Å². The quantitative estimate of drug-likeness (QED) is 0.799. The summed E-state index contributed by atoms with van der Waals surface area (Å²) in [6, 6.07) is 5.16. The monoisotopic (exact) mass is 240 g/mol. The zero-order valence-electron chi connectivity index (χ0n) is 9.75. The third-order valence-corrected chi connectivity index (χ3v) is 3.05. The van der Waals surface area contributed by atoms with Crippen LogP contribution in [-0.2, 0) is 0 Å². The maximum atomic E-state index is 11.9. The van der Waals surface area contributed by atoms with Gasteiger partial charge in [0, 0.05) is 6.04 Å². The number of rotatable bonds is 3. The van der Waals surface area contributed by atoms with Crippen LogP contribution in [0.1, 0.15) is 31.1 Å². The topological polar surface area (TPSA) is 55.1 Å². The van der Waals surface area contributed by atoms with Gasteiger partial charge in [-0.1, -0.05) is 31.5 Å². The van der Waals surface area contributed by atoms with Crippen molar-refractivity contribution in [2.45, 2.75) is 26.8 Å². The average Bonchev–Trinajstić information content (AvgIpc) is 2.21. The fraction of sp³-hybridized carbons (Fsp3) is 0.417. The summed E-state index contributed by atoms with van der Waals surface area (Å²) in [7, 11) is 0. The molecule has 0 aliphatic rings. The second-order valence-corrected chi connectivity index (χ2v) is 4.59. The molecule has 0 aliphatic heterocycles. The van der Waals surface area contributed by atoms with Gasteiger partial charge in [0.05, 0.1) is 16.3 Å². The van der Waals surface area contributed by atoms with Gasteiger partial charge in [-0.2, -0.15) is 0 Å². The Morgan fingerprint density at radius 3 is 2.56 bits per heavy atom. The summed E-state index contributed by atoms with van der Waals surface area (Å²) in [5, 5.41) is 3.20. The van der Waals surface area contributed by atoms with Gasteiger partial charge in [-0.15, -0.1) is 0 Å². The second kappa shape index (κ2) is 5.21. The van der Waals surface area contributed by atoms with E-state index in [9.17, 15) is 4.79 Å². The Morgan fingerprint density at radius 2 is 2.00 bits per heavy atom. The molecule has 16 heavy (non-hydrogen) atoms. The largest absolute Gasteiger partial charge is 0.398 e. The zero-order chi connectivity index (χ0) is 12.3. The maximum absolute atomic E-state index is 11.9. The molecule has 0 saturated heterocycles. The molecule has 3 nitrogen and oxygen atoms in total. The highest BCUT2D eigenvalue weighted by Gasteiger charge is 2.15. The maximum Gasteiger partial charge on any atom is 0.253 e. The normalized spacial score (nSPS) is 12.6. The Bertz CT molecular complexity index is 391. The van der Waals surface area contributed by atoms with Crippen LogP contribution in [0.5, 0.6) is 0 Å². The van der Waals surface area contributed by atoms with Crippen LogP contribution in [0.15, 0.2) is 18.2 Å². The molecule has 0 aliphatic carbocycles. The first-order valence-corrected chi connectivity index (χ1v) is 5.66. The van der Waals surface area contributed by atoms with E-state index in [0.717, 1.165) is 0 Å². The zero-order valence-corrected chi connectivity index (χ0v) is 10.5. The fourth-order valence-corrected chi connectivity index (χ4v) is 1.39. The van der Waals surface area contributed by atoms with Crippen LogP contribution in [0.25, 0.3) is 0 Å². The van der Waals surface area contributed by atoms with E-state index in [1.807, 2.05) is 20.8 Å².